The molecule has 2 aromatic rings. The normalized spacial score (nSPS) is 17.0. The van der Waals surface area contributed by atoms with Crippen LogP contribution in [0, 0.1) is 5.82 Å². The molecule has 0 unspecified atom stereocenters. The second-order valence-corrected chi connectivity index (χ2v) is 7.16. The van der Waals surface area contributed by atoms with Crippen molar-refractivity contribution in [1.29, 1.82) is 0 Å². The molecule has 138 valence electrons. The Morgan fingerprint density at radius 1 is 1.27 bits per heavy atom. The molecule has 1 saturated heterocycles. The summed E-state index contributed by atoms with van der Waals surface area (Å²) in [5.74, 6) is -0.106. The smallest absolute Gasteiger partial charge is 0.223 e. The number of fused-ring (bicyclic) bond motifs is 1. The Balaban J connectivity index is 1.20. The molecule has 5 nitrogen and oxygen atoms in total. The van der Waals surface area contributed by atoms with E-state index in [0.29, 0.717) is 31.5 Å². The summed E-state index contributed by atoms with van der Waals surface area (Å²) in [6.07, 6.45) is 5.75. The zero-order chi connectivity index (χ0) is 17.9. The van der Waals surface area contributed by atoms with Gasteiger partial charge in [-0.1, -0.05) is 18.2 Å². The first-order valence-corrected chi connectivity index (χ1v) is 9.38. The molecule has 0 radical (unpaired) electrons. The van der Waals surface area contributed by atoms with Crippen molar-refractivity contribution in [3.05, 3.63) is 52.6 Å². The number of H-pyrrole nitrogens is 1. The van der Waals surface area contributed by atoms with Gasteiger partial charge in [0.05, 0.1) is 18.4 Å². The van der Waals surface area contributed by atoms with Crippen molar-refractivity contribution in [2.75, 3.05) is 13.1 Å². The van der Waals surface area contributed by atoms with Gasteiger partial charge in [-0.2, -0.15) is 5.10 Å². The molecule has 0 bridgehead atoms. The minimum atomic E-state index is -0.248. The number of aromatic amines is 1. The predicted octanol–water partition coefficient (Wildman–Crippen LogP) is 2.79. The van der Waals surface area contributed by atoms with Crippen LogP contribution in [0.3, 0.4) is 0 Å². The number of likely N-dealkylation sites (tertiary alicyclic amines) is 1. The molecule has 1 aliphatic carbocycles. The maximum absolute atomic E-state index is 13.6. The summed E-state index contributed by atoms with van der Waals surface area (Å²) in [4.78, 5) is 14.1. The fraction of sp³-hybridized carbons (Fsp3) is 0.500. The molecule has 26 heavy (non-hydrogen) atoms. The Hall–Kier alpha value is -2.21. The van der Waals surface area contributed by atoms with Crippen LogP contribution < -0.4 is 0 Å². The average Bonchev–Trinajstić information content (AvgIpc) is 3.03. The van der Waals surface area contributed by atoms with E-state index in [1.165, 1.54) is 30.2 Å². The fourth-order valence-corrected chi connectivity index (χ4v) is 3.71. The molecular formula is C20H24FN3O2. The van der Waals surface area contributed by atoms with Crippen LogP contribution in [-0.2, 0) is 35.4 Å². The average molecular weight is 357 g/mol. The van der Waals surface area contributed by atoms with Gasteiger partial charge in [-0.15, -0.1) is 0 Å². The summed E-state index contributed by atoms with van der Waals surface area (Å²) < 4.78 is 19.3. The number of benzene rings is 1. The molecule has 0 atom stereocenters. The third kappa shape index (κ3) is 3.65. The van der Waals surface area contributed by atoms with Crippen molar-refractivity contribution in [1.82, 2.24) is 15.1 Å². The van der Waals surface area contributed by atoms with E-state index >= 15 is 0 Å². The van der Waals surface area contributed by atoms with Gasteiger partial charge in [-0.3, -0.25) is 9.89 Å². The number of hydrogen-bond acceptors (Lipinski definition) is 3. The standard InChI is InChI=1S/C20H24FN3O2/c21-17-7-3-1-5-14(17)13-26-15-11-24(12-15)20(25)10-9-19-16-6-2-4-8-18(16)22-23-19/h1,3,5,7,15H,2,4,6,8-13H2,(H,22,23). The third-order valence-electron chi connectivity index (χ3n) is 5.35. The molecule has 0 spiro atoms. The van der Waals surface area contributed by atoms with E-state index in [0.717, 1.165) is 18.5 Å². The lowest BCUT2D eigenvalue weighted by Gasteiger charge is -2.39. The zero-order valence-corrected chi connectivity index (χ0v) is 14.8. The minimum Gasteiger partial charge on any atom is -0.370 e. The minimum absolute atomic E-state index is 0.00306. The van der Waals surface area contributed by atoms with Crippen LogP contribution in [0.4, 0.5) is 4.39 Å². The molecule has 2 heterocycles. The van der Waals surface area contributed by atoms with Gasteiger partial charge >= 0.3 is 0 Å². The molecule has 2 aliphatic rings. The highest BCUT2D eigenvalue weighted by Gasteiger charge is 2.31. The maximum atomic E-state index is 13.6. The molecule has 1 aliphatic heterocycles. The zero-order valence-electron chi connectivity index (χ0n) is 14.8. The number of nitrogens with zero attached hydrogens (tertiary/aromatic N) is 2. The number of aromatic nitrogens is 2. The first kappa shape index (κ1) is 17.2. The molecular weight excluding hydrogens is 333 g/mol. The molecule has 0 saturated carbocycles. The number of aryl methyl sites for hydroxylation is 2. The summed E-state index contributed by atoms with van der Waals surface area (Å²) >= 11 is 0. The Morgan fingerprint density at radius 2 is 2.08 bits per heavy atom. The van der Waals surface area contributed by atoms with Gasteiger partial charge in [-0.25, -0.2) is 4.39 Å². The number of ether oxygens (including phenoxy) is 1. The maximum Gasteiger partial charge on any atom is 0.223 e. The summed E-state index contributed by atoms with van der Waals surface area (Å²) in [6, 6.07) is 6.62. The fourth-order valence-electron chi connectivity index (χ4n) is 3.71. The van der Waals surface area contributed by atoms with E-state index in [4.69, 9.17) is 4.74 Å². The van der Waals surface area contributed by atoms with Crippen LogP contribution in [-0.4, -0.2) is 40.2 Å². The van der Waals surface area contributed by atoms with Gasteiger partial charge < -0.3 is 9.64 Å². The summed E-state index contributed by atoms with van der Waals surface area (Å²) in [6.45, 7) is 1.43. The third-order valence-corrected chi connectivity index (χ3v) is 5.35. The second kappa shape index (κ2) is 7.58. The van der Waals surface area contributed by atoms with Gasteiger partial charge in [0, 0.05) is 37.2 Å². The van der Waals surface area contributed by atoms with Crippen LogP contribution in [0.5, 0.6) is 0 Å². The van der Waals surface area contributed by atoms with Crippen LogP contribution in [0.25, 0.3) is 0 Å². The Morgan fingerprint density at radius 3 is 2.92 bits per heavy atom. The molecule has 1 aromatic heterocycles. The van der Waals surface area contributed by atoms with E-state index in [-0.39, 0.29) is 24.4 Å². The number of hydrogen-bond donors (Lipinski definition) is 1. The van der Waals surface area contributed by atoms with E-state index in [9.17, 15) is 9.18 Å². The van der Waals surface area contributed by atoms with E-state index in [2.05, 4.69) is 10.2 Å². The molecule has 1 aromatic carbocycles. The first-order valence-electron chi connectivity index (χ1n) is 9.38. The van der Waals surface area contributed by atoms with Crippen LogP contribution in [0.2, 0.25) is 0 Å². The Bertz CT molecular complexity index is 783. The highest BCUT2D eigenvalue weighted by Crippen LogP contribution is 2.23. The predicted molar refractivity (Wildman–Crippen MR) is 95.1 cm³/mol. The topological polar surface area (TPSA) is 58.2 Å². The monoisotopic (exact) mass is 357 g/mol. The van der Waals surface area contributed by atoms with Crippen molar-refractivity contribution in [3.63, 3.8) is 0 Å². The molecule has 6 heteroatoms. The van der Waals surface area contributed by atoms with Gasteiger partial charge in [0.1, 0.15) is 5.82 Å². The quantitative estimate of drug-likeness (QED) is 0.865. The van der Waals surface area contributed by atoms with Gasteiger partial charge in [0.2, 0.25) is 5.91 Å². The molecule has 1 N–H and O–H groups in total. The summed E-state index contributed by atoms with van der Waals surface area (Å²) in [7, 11) is 0. The number of carbonyl (C=O) groups is 1. The van der Waals surface area contributed by atoms with Crippen molar-refractivity contribution in [3.8, 4) is 0 Å². The Labute approximate surface area is 152 Å². The summed E-state index contributed by atoms with van der Waals surface area (Å²) in [5.41, 5.74) is 4.20. The van der Waals surface area contributed by atoms with E-state index in [1.807, 2.05) is 4.90 Å². The first-order chi connectivity index (χ1) is 12.7. The van der Waals surface area contributed by atoms with Gasteiger partial charge in [0.25, 0.3) is 0 Å². The highest BCUT2D eigenvalue weighted by atomic mass is 19.1. The van der Waals surface area contributed by atoms with E-state index < -0.39 is 0 Å². The highest BCUT2D eigenvalue weighted by molar-refractivity contribution is 5.77. The van der Waals surface area contributed by atoms with Gasteiger partial charge in [-0.05, 0) is 37.3 Å². The van der Waals surface area contributed by atoms with Crippen molar-refractivity contribution in [2.45, 2.75) is 51.2 Å². The molecule has 1 amide bonds. The lowest BCUT2D eigenvalue weighted by Crippen LogP contribution is -2.54. The van der Waals surface area contributed by atoms with Crippen LogP contribution >= 0.6 is 0 Å². The largest absolute Gasteiger partial charge is 0.370 e. The number of halogens is 1. The van der Waals surface area contributed by atoms with Crippen molar-refractivity contribution in [2.24, 2.45) is 0 Å². The molecule has 1 fully saturated rings. The molecule has 4 rings (SSSR count). The van der Waals surface area contributed by atoms with Gasteiger partial charge in [0.15, 0.2) is 0 Å². The summed E-state index contributed by atoms with van der Waals surface area (Å²) in [5, 5.41) is 7.53. The number of nitrogens with one attached hydrogen (secondary N) is 1. The number of rotatable bonds is 6. The number of amides is 1. The SMILES string of the molecule is O=C(CCc1n[nH]c2c1CCCC2)N1CC(OCc2ccccc2F)C1. The van der Waals surface area contributed by atoms with Crippen LogP contribution in [0.15, 0.2) is 24.3 Å². The van der Waals surface area contributed by atoms with Crippen LogP contribution in [0.1, 0.15) is 41.8 Å². The lowest BCUT2D eigenvalue weighted by molar-refractivity contribution is -0.145. The van der Waals surface area contributed by atoms with Crippen molar-refractivity contribution < 1.29 is 13.9 Å². The number of carbonyl (C=O) groups excluding carboxylic acids is 1. The van der Waals surface area contributed by atoms with E-state index in [1.54, 1.807) is 18.2 Å². The Kier molecular flexibility index (Phi) is 5.02. The second-order valence-electron chi connectivity index (χ2n) is 7.16. The lowest BCUT2D eigenvalue weighted by atomic mass is 9.94. The van der Waals surface area contributed by atoms with Crippen molar-refractivity contribution >= 4 is 5.91 Å².